The van der Waals surface area contributed by atoms with E-state index in [4.69, 9.17) is 0 Å². The van der Waals surface area contributed by atoms with Crippen LogP contribution in [0.15, 0.2) is 0 Å². The summed E-state index contributed by atoms with van der Waals surface area (Å²) in [5, 5.41) is 0. The molecule has 0 aromatic rings. The summed E-state index contributed by atoms with van der Waals surface area (Å²) >= 11 is 0. The molecule has 0 amide bonds. The van der Waals surface area contributed by atoms with Gasteiger partial charge in [0.15, 0.2) is 0 Å². The van der Waals surface area contributed by atoms with Crippen molar-refractivity contribution in [2.24, 2.45) is 0 Å². The highest BCUT2D eigenvalue weighted by molar-refractivity contribution is 7.48. The van der Waals surface area contributed by atoms with Crippen molar-refractivity contribution in [3.05, 3.63) is 0 Å². The molecule has 0 aromatic heterocycles. The summed E-state index contributed by atoms with van der Waals surface area (Å²) in [6, 6.07) is 0. The number of hydrogen-bond donors (Lipinski definition) is 0. The van der Waals surface area contributed by atoms with Crippen molar-refractivity contribution in [3.8, 4) is 0 Å². The maximum absolute atomic E-state index is 13.3. The van der Waals surface area contributed by atoms with Gasteiger partial charge < -0.3 is 0 Å². The van der Waals surface area contributed by atoms with Crippen molar-refractivity contribution in [1.29, 1.82) is 0 Å². The topological polar surface area (TPSA) is 44.8 Å². The second-order valence-electron chi connectivity index (χ2n) is 4.08. The highest BCUT2D eigenvalue weighted by atomic mass is 31.2. The van der Waals surface area contributed by atoms with E-state index in [1.165, 1.54) is 13.8 Å². The molecule has 0 aliphatic heterocycles. The zero-order valence-electron chi connectivity index (χ0n) is 11.7. The van der Waals surface area contributed by atoms with E-state index in [1.807, 2.05) is 0 Å². The van der Waals surface area contributed by atoms with Gasteiger partial charge >= 0.3 is 26.1 Å². The number of phosphoric acid groups is 1. The molecule has 0 spiro atoms. The second kappa shape index (κ2) is 8.47. The lowest BCUT2D eigenvalue weighted by atomic mass is 10.2. The normalized spacial score (nSPS) is 15.4. The van der Waals surface area contributed by atoms with Crippen molar-refractivity contribution < 1.29 is 48.9 Å². The zero-order valence-corrected chi connectivity index (χ0v) is 12.6. The molecule has 0 fully saturated rings. The Morgan fingerprint density at radius 3 is 1.64 bits per heavy atom. The first-order valence-electron chi connectivity index (χ1n) is 6.20. The van der Waals surface area contributed by atoms with E-state index >= 15 is 0 Å². The largest absolute Gasteiger partial charge is 0.477 e. The smallest absolute Gasteiger partial charge is 0.287 e. The molecule has 0 aliphatic rings. The molecule has 0 rings (SSSR count). The Labute approximate surface area is 122 Å². The minimum Gasteiger partial charge on any atom is -0.287 e. The van der Waals surface area contributed by atoms with Crippen LogP contribution in [0.25, 0.3) is 0 Å². The molecule has 0 bridgehead atoms. The molecule has 1 atom stereocenters. The van der Waals surface area contributed by atoms with Crippen LogP contribution in [0, 0.1) is 0 Å². The Hall–Kier alpha value is -0.380. The SMILES string of the molecule is CCCOP(=O)(OCCC)OC(F)C(F)(F)C(F)(F)C(F)F. The van der Waals surface area contributed by atoms with E-state index in [0.717, 1.165) is 0 Å². The maximum atomic E-state index is 13.3. The van der Waals surface area contributed by atoms with E-state index in [0.29, 0.717) is 0 Å². The average molecular weight is 364 g/mol. The number of hydrogen-bond acceptors (Lipinski definition) is 4. The van der Waals surface area contributed by atoms with E-state index in [-0.39, 0.29) is 26.1 Å². The van der Waals surface area contributed by atoms with Crippen molar-refractivity contribution >= 4 is 7.82 Å². The van der Waals surface area contributed by atoms with Gasteiger partial charge in [0.05, 0.1) is 13.2 Å². The first-order chi connectivity index (χ1) is 9.94. The summed E-state index contributed by atoms with van der Waals surface area (Å²) in [7, 11) is -4.94. The van der Waals surface area contributed by atoms with Crippen LogP contribution in [-0.2, 0) is 18.1 Å². The molecule has 22 heavy (non-hydrogen) atoms. The number of halogens is 7. The molecule has 0 saturated carbocycles. The first kappa shape index (κ1) is 21.6. The third kappa shape index (κ3) is 5.36. The van der Waals surface area contributed by atoms with E-state index < -0.39 is 32.5 Å². The molecule has 1 unspecified atom stereocenters. The lowest BCUT2D eigenvalue weighted by Gasteiger charge is -2.29. The van der Waals surface area contributed by atoms with Crippen LogP contribution in [-0.4, -0.2) is 37.8 Å². The lowest BCUT2D eigenvalue weighted by molar-refractivity contribution is -0.313. The molecule has 0 saturated heterocycles. The fraction of sp³-hybridized carbons (Fsp3) is 1.00. The highest BCUT2D eigenvalue weighted by Gasteiger charge is 2.69. The Morgan fingerprint density at radius 1 is 0.909 bits per heavy atom. The van der Waals surface area contributed by atoms with Crippen molar-refractivity contribution in [2.75, 3.05) is 13.2 Å². The summed E-state index contributed by atoms with van der Waals surface area (Å²) in [5.41, 5.74) is 0. The van der Waals surface area contributed by atoms with Gasteiger partial charge in [-0.25, -0.2) is 22.3 Å². The molecular weight excluding hydrogens is 348 g/mol. The van der Waals surface area contributed by atoms with Gasteiger partial charge in [-0.2, -0.15) is 17.6 Å². The van der Waals surface area contributed by atoms with Crippen LogP contribution < -0.4 is 0 Å². The van der Waals surface area contributed by atoms with E-state index in [2.05, 4.69) is 13.6 Å². The van der Waals surface area contributed by atoms with E-state index in [9.17, 15) is 35.3 Å². The van der Waals surface area contributed by atoms with Gasteiger partial charge in [-0.1, -0.05) is 13.8 Å². The van der Waals surface area contributed by atoms with Crippen molar-refractivity contribution in [1.82, 2.24) is 0 Å². The molecule has 0 N–H and O–H groups in total. The van der Waals surface area contributed by atoms with Crippen LogP contribution in [0.5, 0.6) is 0 Å². The minimum atomic E-state index is -6.02. The Morgan fingerprint density at radius 2 is 1.32 bits per heavy atom. The molecule has 0 radical (unpaired) electrons. The summed E-state index contributed by atoms with van der Waals surface area (Å²) in [6.07, 6.45) is -8.76. The minimum absolute atomic E-state index is 0.198. The van der Waals surface area contributed by atoms with Gasteiger partial charge in [0.25, 0.3) is 6.36 Å². The second-order valence-corrected chi connectivity index (χ2v) is 5.70. The van der Waals surface area contributed by atoms with Crippen molar-refractivity contribution in [3.63, 3.8) is 0 Å². The standard InChI is InChI=1S/C10H16F7O4P/c1-3-5-19-22(18,20-6-4-2)21-8(13)10(16,17)9(14,15)7(11)12/h7-8H,3-6H2,1-2H3. The number of alkyl halides is 7. The number of phosphoric ester groups is 1. The number of rotatable bonds is 11. The van der Waals surface area contributed by atoms with Gasteiger partial charge in [0.2, 0.25) is 0 Å². The van der Waals surface area contributed by atoms with Gasteiger partial charge in [-0.15, -0.1) is 0 Å². The molecular formula is C10H16F7O4P. The van der Waals surface area contributed by atoms with Crippen molar-refractivity contribution in [2.45, 2.75) is 51.3 Å². The fourth-order valence-corrected chi connectivity index (χ4v) is 2.35. The zero-order chi connectivity index (χ0) is 17.6. The lowest BCUT2D eigenvalue weighted by Crippen LogP contribution is -2.53. The molecule has 0 aromatic carbocycles. The summed E-state index contributed by atoms with van der Waals surface area (Å²) < 4.78 is 113. The molecule has 0 heterocycles. The van der Waals surface area contributed by atoms with Crippen LogP contribution >= 0.6 is 7.82 Å². The van der Waals surface area contributed by atoms with E-state index in [1.54, 1.807) is 0 Å². The Kier molecular flexibility index (Phi) is 8.32. The fourth-order valence-electron chi connectivity index (χ4n) is 0.981. The summed E-state index contributed by atoms with van der Waals surface area (Å²) in [5.74, 6) is -11.9. The Bertz CT molecular complexity index is 368. The van der Waals surface area contributed by atoms with Crippen LogP contribution in [0.2, 0.25) is 0 Å². The Balaban J connectivity index is 5.15. The maximum Gasteiger partial charge on any atom is 0.477 e. The average Bonchev–Trinajstić information content (AvgIpc) is 2.42. The predicted octanol–water partition coefficient (Wildman–Crippen LogP) is 4.80. The third-order valence-electron chi connectivity index (χ3n) is 2.13. The van der Waals surface area contributed by atoms with Gasteiger partial charge in [0.1, 0.15) is 0 Å². The molecule has 134 valence electrons. The van der Waals surface area contributed by atoms with Crippen LogP contribution in [0.4, 0.5) is 30.7 Å². The predicted molar refractivity (Wildman–Crippen MR) is 62.0 cm³/mol. The quantitative estimate of drug-likeness (QED) is 0.390. The summed E-state index contributed by atoms with van der Waals surface area (Å²) in [4.78, 5) is 0. The van der Waals surface area contributed by atoms with Gasteiger partial charge in [0, 0.05) is 0 Å². The van der Waals surface area contributed by atoms with Gasteiger partial charge in [-0.05, 0) is 12.8 Å². The first-order valence-corrected chi connectivity index (χ1v) is 7.66. The van der Waals surface area contributed by atoms with Crippen LogP contribution in [0.3, 0.4) is 0 Å². The summed E-state index contributed by atoms with van der Waals surface area (Å²) in [6.45, 7) is 2.28. The highest BCUT2D eigenvalue weighted by Crippen LogP contribution is 2.54. The molecule has 12 heteroatoms. The molecule has 4 nitrogen and oxygen atoms in total. The van der Waals surface area contributed by atoms with Gasteiger partial charge in [-0.3, -0.25) is 9.05 Å². The van der Waals surface area contributed by atoms with Crippen LogP contribution in [0.1, 0.15) is 26.7 Å². The third-order valence-corrected chi connectivity index (χ3v) is 3.57. The monoisotopic (exact) mass is 364 g/mol. The molecule has 0 aliphatic carbocycles.